The third-order valence-electron chi connectivity index (χ3n) is 5.96. The molecule has 1 fully saturated rings. The van der Waals surface area contributed by atoms with Gasteiger partial charge in [0.05, 0.1) is 6.20 Å². The average Bonchev–Trinajstić information content (AvgIpc) is 3.25. The molecule has 0 atom stereocenters. The zero-order valence-corrected chi connectivity index (χ0v) is 19.8. The maximum atomic E-state index is 12.3. The van der Waals surface area contributed by atoms with Crippen molar-refractivity contribution >= 4 is 17.5 Å². The molecule has 2 aromatic rings. The Bertz CT molecular complexity index is 975. The fourth-order valence-electron chi connectivity index (χ4n) is 4.14. The molecule has 0 spiro atoms. The second kappa shape index (κ2) is 12.3. The lowest BCUT2D eigenvalue weighted by Crippen LogP contribution is -2.30. The number of unbranched alkanes of at least 4 members (excludes halogenated alkanes) is 1. The van der Waals surface area contributed by atoms with Crippen LogP contribution in [0.2, 0.25) is 0 Å². The second-order valence-electron chi connectivity index (χ2n) is 9.38. The summed E-state index contributed by atoms with van der Waals surface area (Å²) in [6.07, 6.45) is 11.6. The van der Waals surface area contributed by atoms with Crippen molar-refractivity contribution in [1.82, 2.24) is 24.9 Å². The van der Waals surface area contributed by atoms with E-state index in [1.54, 1.807) is 27.7 Å². The average molecular weight is 457 g/mol. The lowest BCUT2D eigenvalue weighted by molar-refractivity contribution is -0.116. The SMILES string of the molecule is CC(C)CC(=O)Nc1ccn(CCCCn2cc(C(=O)NCC3CCCCC3)nn2)c(=O)c1. The number of pyridine rings is 1. The minimum Gasteiger partial charge on any atom is -0.350 e. The highest BCUT2D eigenvalue weighted by molar-refractivity contribution is 5.91. The lowest BCUT2D eigenvalue weighted by Gasteiger charge is -2.21. The third kappa shape index (κ3) is 8.14. The number of nitrogens with zero attached hydrogens (tertiary/aromatic N) is 4. The smallest absolute Gasteiger partial charge is 0.273 e. The number of amides is 2. The monoisotopic (exact) mass is 456 g/mol. The third-order valence-corrected chi connectivity index (χ3v) is 5.96. The number of nitrogens with one attached hydrogen (secondary N) is 2. The van der Waals surface area contributed by atoms with E-state index in [-0.39, 0.29) is 23.3 Å². The molecule has 2 aromatic heterocycles. The van der Waals surface area contributed by atoms with Gasteiger partial charge in [-0.15, -0.1) is 5.10 Å². The van der Waals surface area contributed by atoms with Crippen molar-refractivity contribution in [2.24, 2.45) is 11.8 Å². The highest BCUT2D eigenvalue weighted by atomic mass is 16.2. The molecular weight excluding hydrogens is 420 g/mol. The van der Waals surface area contributed by atoms with Crippen LogP contribution in [0.3, 0.4) is 0 Å². The first-order chi connectivity index (χ1) is 15.9. The van der Waals surface area contributed by atoms with Crippen molar-refractivity contribution in [1.29, 1.82) is 0 Å². The van der Waals surface area contributed by atoms with Crippen molar-refractivity contribution < 1.29 is 9.59 Å². The molecule has 33 heavy (non-hydrogen) atoms. The molecular formula is C24H36N6O3. The summed E-state index contributed by atoms with van der Waals surface area (Å²) in [7, 11) is 0. The summed E-state index contributed by atoms with van der Waals surface area (Å²) in [6.45, 7) is 5.86. The number of hydrogen-bond acceptors (Lipinski definition) is 5. The van der Waals surface area contributed by atoms with Gasteiger partial charge in [0.2, 0.25) is 5.91 Å². The molecule has 2 heterocycles. The van der Waals surface area contributed by atoms with Crippen LogP contribution >= 0.6 is 0 Å². The molecule has 2 N–H and O–H groups in total. The van der Waals surface area contributed by atoms with Gasteiger partial charge in [0.15, 0.2) is 5.69 Å². The summed E-state index contributed by atoms with van der Waals surface area (Å²) in [6, 6.07) is 3.20. The van der Waals surface area contributed by atoms with Gasteiger partial charge in [-0.2, -0.15) is 0 Å². The number of carbonyl (C=O) groups excluding carboxylic acids is 2. The minimum atomic E-state index is -0.168. The van der Waals surface area contributed by atoms with Gasteiger partial charge >= 0.3 is 0 Å². The maximum Gasteiger partial charge on any atom is 0.273 e. The lowest BCUT2D eigenvalue weighted by atomic mass is 9.89. The highest BCUT2D eigenvalue weighted by Crippen LogP contribution is 2.22. The quantitative estimate of drug-likeness (QED) is 0.505. The number of aryl methyl sites for hydroxylation is 2. The Morgan fingerprint density at radius 3 is 2.64 bits per heavy atom. The molecule has 0 unspecified atom stereocenters. The normalized spacial score (nSPS) is 14.4. The zero-order valence-electron chi connectivity index (χ0n) is 19.8. The van der Waals surface area contributed by atoms with Crippen LogP contribution < -0.4 is 16.2 Å². The molecule has 1 saturated carbocycles. The van der Waals surface area contributed by atoms with Crippen molar-refractivity contribution in [3.05, 3.63) is 40.6 Å². The summed E-state index contributed by atoms with van der Waals surface area (Å²) in [5, 5.41) is 13.8. The van der Waals surface area contributed by atoms with Crippen molar-refractivity contribution in [2.75, 3.05) is 11.9 Å². The molecule has 0 aliphatic heterocycles. The molecule has 2 amide bonds. The first-order valence-electron chi connectivity index (χ1n) is 12.1. The Kier molecular flexibility index (Phi) is 9.21. The molecule has 0 bridgehead atoms. The standard InChI is InChI=1S/C24H36N6O3/c1-18(2)14-22(31)26-20-10-13-29(23(32)15-20)11-6-7-12-30-17-21(27-28-30)24(33)25-16-19-8-4-3-5-9-19/h10,13,15,17-19H,3-9,11-12,14,16H2,1-2H3,(H,25,33)(H,26,31). The maximum absolute atomic E-state index is 12.3. The second-order valence-corrected chi connectivity index (χ2v) is 9.38. The number of hydrogen-bond donors (Lipinski definition) is 2. The van der Waals surface area contributed by atoms with Gasteiger partial charge in [0.25, 0.3) is 11.5 Å². The molecule has 0 radical (unpaired) electrons. The van der Waals surface area contributed by atoms with E-state index in [0.29, 0.717) is 43.4 Å². The Balaban J connectivity index is 1.38. The van der Waals surface area contributed by atoms with E-state index in [9.17, 15) is 14.4 Å². The Labute approximate surface area is 194 Å². The van der Waals surface area contributed by atoms with Crippen molar-refractivity contribution in [3.63, 3.8) is 0 Å². The Hall–Kier alpha value is -2.97. The number of aromatic nitrogens is 4. The van der Waals surface area contributed by atoms with E-state index in [1.807, 2.05) is 13.8 Å². The first-order valence-corrected chi connectivity index (χ1v) is 12.1. The van der Waals surface area contributed by atoms with Crippen LogP contribution in [0.1, 0.15) is 75.7 Å². The molecule has 3 rings (SSSR count). The zero-order chi connectivity index (χ0) is 23.6. The first kappa shape index (κ1) is 24.7. The van der Waals surface area contributed by atoms with Crippen molar-refractivity contribution in [3.8, 4) is 0 Å². The van der Waals surface area contributed by atoms with E-state index in [0.717, 1.165) is 12.8 Å². The van der Waals surface area contributed by atoms with Crippen LogP contribution in [0.5, 0.6) is 0 Å². The number of carbonyl (C=O) groups is 2. The molecule has 1 aliphatic rings. The number of anilines is 1. The van der Waals surface area contributed by atoms with Gasteiger partial charge in [0, 0.05) is 44.0 Å². The molecule has 180 valence electrons. The Morgan fingerprint density at radius 2 is 1.91 bits per heavy atom. The van der Waals surface area contributed by atoms with E-state index < -0.39 is 0 Å². The topological polar surface area (TPSA) is 111 Å². The summed E-state index contributed by atoms with van der Waals surface area (Å²) in [5.74, 6) is 0.588. The summed E-state index contributed by atoms with van der Waals surface area (Å²) >= 11 is 0. The van der Waals surface area contributed by atoms with E-state index in [4.69, 9.17) is 0 Å². The summed E-state index contributed by atoms with van der Waals surface area (Å²) in [4.78, 5) is 36.5. The fourth-order valence-corrected chi connectivity index (χ4v) is 4.14. The van der Waals surface area contributed by atoms with Gasteiger partial charge in [0.1, 0.15) is 0 Å². The minimum absolute atomic E-state index is 0.0861. The number of rotatable bonds is 11. The molecule has 0 aromatic carbocycles. The van der Waals surface area contributed by atoms with Gasteiger partial charge in [-0.25, -0.2) is 0 Å². The van der Waals surface area contributed by atoms with Gasteiger partial charge in [-0.05, 0) is 43.6 Å². The van der Waals surface area contributed by atoms with Crippen LogP contribution in [0.25, 0.3) is 0 Å². The van der Waals surface area contributed by atoms with Crippen LogP contribution in [0.15, 0.2) is 29.3 Å². The molecule has 9 heteroatoms. The van der Waals surface area contributed by atoms with Crippen LogP contribution in [-0.2, 0) is 17.9 Å². The van der Waals surface area contributed by atoms with Crippen LogP contribution in [0.4, 0.5) is 5.69 Å². The summed E-state index contributed by atoms with van der Waals surface area (Å²) in [5.41, 5.74) is 0.728. The summed E-state index contributed by atoms with van der Waals surface area (Å²) < 4.78 is 3.30. The van der Waals surface area contributed by atoms with Crippen LogP contribution in [-0.4, -0.2) is 37.9 Å². The highest BCUT2D eigenvalue weighted by Gasteiger charge is 2.16. The van der Waals surface area contributed by atoms with Gasteiger partial charge < -0.3 is 15.2 Å². The molecule has 0 saturated heterocycles. The Morgan fingerprint density at radius 1 is 1.15 bits per heavy atom. The van der Waals surface area contributed by atoms with Crippen molar-refractivity contribution in [2.45, 2.75) is 78.3 Å². The van der Waals surface area contributed by atoms with Crippen LogP contribution in [0, 0.1) is 11.8 Å². The van der Waals surface area contributed by atoms with E-state index in [2.05, 4.69) is 20.9 Å². The van der Waals surface area contributed by atoms with Gasteiger partial charge in [-0.3, -0.25) is 19.1 Å². The predicted molar refractivity (Wildman–Crippen MR) is 127 cm³/mol. The molecule has 1 aliphatic carbocycles. The largest absolute Gasteiger partial charge is 0.350 e. The van der Waals surface area contributed by atoms with E-state index >= 15 is 0 Å². The van der Waals surface area contributed by atoms with Gasteiger partial charge in [-0.1, -0.05) is 38.3 Å². The molecule has 9 nitrogen and oxygen atoms in total. The predicted octanol–water partition coefficient (Wildman–Crippen LogP) is 3.21. The van der Waals surface area contributed by atoms with E-state index in [1.165, 1.54) is 38.2 Å². The fraction of sp³-hybridized carbons (Fsp3) is 0.625.